The third kappa shape index (κ3) is 2.22. The summed E-state index contributed by atoms with van der Waals surface area (Å²) in [5, 5.41) is 8.88. The molecule has 0 aromatic carbocycles. The highest BCUT2D eigenvalue weighted by Gasteiger charge is 2.23. The van der Waals surface area contributed by atoms with Crippen molar-refractivity contribution in [2.24, 2.45) is 11.8 Å². The van der Waals surface area contributed by atoms with Crippen molar-refractivity contribution in [3.05, 3.63) is 0 Å². The van der Waals surface area contributed by atoms with Gasteiger partial charge in [0.05, 0.1) is 6.07 Å². The van der Waals surface area contributed by atoms with Crippen LogP contribution in [0.5, 0.6) is 0 Å². The Kier molecular flexibility index (Phi) is 3.55. The fourth-order valence-electron chi connectivity index (χ4n) is 1.96. The summed E-state index contributed by atoms with van der Waals surface area (Å²) in [5.74, 6) is 0.967. The molecule has 1 rings (SSSR count). The molecule has 1 fully saturated rings. The quantitative estimate of drug-likeness (QED) is 0.626. The first-order valence-electron chi connectivity index (χ1n) is 4.86. The molecule has 12 heavy (non-hydrogen) atoms. The van der Waals surface area contributed by atoms with Gasteiger partial charge in [0.1, 0.15) is 0 Å². The number of likely N-dealkylation sites (tertiary alicyclic amines) is 1. The molecule has 0 aromatic rings. The van der Waals surface area contributed by atoms with E-state index in [4.69, 9.17) is 5.26 Å². The fraction of sp³-hybridized carbons (Fsp3) is 0.900. The summed E-state index contributed by atoms with van der Waals surface area (Å²) in [7, 11) is 2.16. The van der Waals surface area contributed by atoms with Crippen LogP contribution in [0, 0.1) is 23.2 Å². The van der Waals surface area contributed by atoms with Gasteiger partial charge in [-0.1, -0.05) is 6.92 Å². The molecule has 0 saturated carbocycles. The SMILES string of the molecule is CC[C@@H](C#N)C1CCN(C)CC1. The minimum atomic E-state index is 0.304. The van der Waals surface area contributed by atoms with Crippen molar-refractivity contribution in [1.29, 1.82) is 5.26 Å². The number of piperidine rings is 1. The summed E-state index contributed by atoms with van der Waals surface area (Å²) < 4.78 is 0. The van der Waals surface area contributed by atoms with Crippen LogP contribution in [0.3, 0.4) is 0 Å². The van der Waals surface area contributed by atoms with Crippen molar-refractivity contribution in [2.45, 2.75) is 26.2 Å². The average Bonchev–Trinajstić information content (AvgIpc) is 2.10. The van der Waals surface area contributed by atoms with Crippen molar-refractivity contribution >= 4 is 0 Å². The van der Waals surface area contributed by atoms with Gasteiger partial charge in [-0.3, -0.25) is 0 Å². The molecule has 1 heterocycles. The topological polar surface area (TPSA) is 27.0 Å². The zero-order valence-electron chi connectivity index (χ0n) is 8.08. The van der Waals surface area contributed by atoms with Gasteiger partial charge in [0, 0.05) is 5.92 Å². The number of nitrogens with zero attached hydrogens (tertiary/aromatic N) is 2. The van der Waals surface area contributed by atoms with Gasteiger partial charge >= 0.3 is 0 Å². The molecule has 2 heteroatoms. The Bertz CT molecular complexity index is 163. The van der Waals surface area contributed by atoms with Crippen LogP contribution in [0.2, 0.25) is 0 Å². The molecule has 2 nitrogen and oxygen atoms in total. The largest absolute Gasteiger partial charge is 0.306 e. The Morgan fingerprint density at radius 2 is 2.08 bits per heavy atom. The van der Waals surface area contributed by atoms with Gasteiger partial charge in [0.2, 0.25) is 0 Å². The van der Waals surface area contributed by atoms with Crippen LogP contribution in [0.4, 0.5) is 0 Å². The van der Waals surface area contributed by atoms with Crippen molar-refractivity contribution in [2.75, 3.05) is 20.1 Å². The van der Waals surface area contributed by atoms with Crippen LogP contribution in [-0.2, 0) is 0 Å². The van der Waals surface area contributed by atoms with E-state index in [0.717, 1.165) is 6.42 Å². The molecule has 0 bridgehead atoms. The van der Waals surface area contributed by atoms with Crippen LogP contribution >= 0.6 is 0 Å². The van der Waals surface area contributed by atoms with E-state index in [1.165, 1.54) is 25.9 Å². The fourth-order valence-corrected chi connectivity index (χ4v) is 1.96. The van der Waals surface area contributed by atoms with Crippen LogP contribution in [0.25, 0.3) is 0 Å². The lowest BCUT2D eigenvalue weighted by Crippen LogP contribution is -2.32. The number of nitriles is 1. The van der Waals surface area contributed by atoms with E-state index in [1.54, 1.807) is 0 Å². The van der Waals surface area contributed by atoms with Crippen molar-refractivity contribution < 1.29 is 0 Å². The zero-order valence-corrected chi connectivity index (χ0v) is 8.08. The van der Waals surface area contributed by atoms with Crippen molar-refractivity contribution in [3.63, 3.8) is 0 Å². The molecule has 1 aliphatic heterocycles. The lowest BCUT2D eigenvalue weighted by Gasteiger charge is -2.30. The van der Waals surface area contributed by atoms with Gasteiger partial charge in [-0.2, -0.15) is 5.26 Å². The van der Waals surface area contributed by atoms with E-state index in [9.17, 15) is 0 Å². The Morgan fingerprint density at radius 3 is 2.50 bits per heavy atom. The van der Waals surface area contributed by atoms with E-state index in [0.29, 0.717) is 11.8 Å². The van der Waals surface area contributed by atoms with Crippen LogP contribution in [0.15, 0.2) is 0 Å². The predicted octanol–water partition coefficient (Wildman–Crippen LogP) is 1.88. The number of rotatable bonds is 2. The Morgan fingerprint density at radius 1 is 1.50 bits per heavy atom. The average molecular weight is 166 g/mol. The molecule has 0 radical (unpaired) electrons. The second-order valence-corrected chi connectivity index (χ2v) is 3.78. The van der Waals surface area contributed by atoms with Crippen LogP contribution in [0.1, 0.15) is 26.2 Å². The molecular weight excluding hydrogens is 148 g/mol. The summed E-state index contributed by atoms with van der Waals surface area (Å²) in [4.78, 5) is 2.35. The van der Waals surface area contributed by atoms with E-state index in [2.05, 4.69) is 24.9 Å². The first-order chi connectivity index (χ1) is 5.77. The van der Waals surface area contributed by atoms with Gasteiger partial charge in [-0.25, -0.2) is 0 Å². The molecule has 68 valence electrons. The summed E-state index contributed by atoms with van der Waals surface area (Å²) in [6, 6.07) is 2.42. The monoisotopic (exact) mass is 166 g/mol. The Balaban J connectivity index is 2.39. The molecule has 0 spiro atoms. The maximum atomic E-state index is 8.88. The molecule has 0 unspecified atom stereocenters. The number of hydrogen-bond acceptors (Lipinski definition) is 2. The highest BCUT2D eigenvalue weighted by Crippen LogP contribution is 2.25. The van der Waals surface area contributed by atoms with Gasteiger partial charge in [0.25, 0.3) is 0 Å². The zero-order chi connectivity index (χ0) is 8.97. The third-order valence-electron chi connectivity index (χ3n) is 2.94. The summed E-state index contributed by atoms with van der Waals surface area (Å²) in [6.45, 7) is 4.46. The maximum absolute atomic E-state index is 8.88. The van der Waals surface area contributed by atoms with E-state index < -0.39 is 0 Å². The number of hydrogen-bond donors (Lipinski definition) is 0. The highest BCUT2D eigenvalue weighted by molar-refractivity contribution is 4.89. The van der Waals surface area contributed by atoms with Gasteiger partial charge in [0.15, 0.2) is 0 Å². The van der Waals surface area contributed by atoms with Crippen molar-refractivity contribution in [1.82, 2.24) is 4.90 Å². The summed E-state index contributed by atoms with van der Waals surface area (Å²) in [6.07, 6.45) is 3.44. The minimum Gasteiger partial charge on any atom is -0.306 e. The maximum Gasteiger partial charge on any atom is 0.0658 e. The van der Waals surface area contributed by atoms with Gasteiger partial charge in [-0.15, -0.1) is 0 Å². The minimum absolute atomic E-state index is 0.304. The Labute approximate surface area is 75.2 Å². The van der Waals surface area contributed by atoms with Crippen LogP contribution < -0.4 is 0 Å². The molecule has 1 aliphatic rings. The van der Waals surface area contributed by atoms with Crippen LogP contribution in [-0.4, -0.2) is 25.0 Å². The highest BCUT2D eigenvalue weighted by atomic mass is 15.1. The van der Waals surface area contributed by atoms with E-state index in [1.807, 2.05) is 0 Å². The molecule has 0 amide bonds. The first kappa shape index (κ1) is 9.54. The van der Waals surface area contributed by atoms with E-state index >= 15 is 0 Å². The normalized spacial score (nSPS) is 23.4. The first-order valence-corrected chi connectivity index (χ1v) is 4.86. The lowest BCUT2D eigenvalue weighted by atomic mass is 9.84. The third-order valence-corrected chi connectivity index (χ3v) is 2.94. The molecule has 0 aliphatic carbocycles. The summed E-state index contributed by atoms with van der Waals surface area (Å²) >= 11 is 0. The van der Waals surface area contributed by atoms with Gasteiger partial charge < -0.3 is 4.90 Å². The van der Waals surface area contributed by atoms with Gasteiger partial charge in [-0.05, 0) is 45.3 Å². The molecule has 1 atom stereocenters. The Hall–Kier alpha value is -0.550. The molecule has 1 saturated heterocycles. The summed E-state index contributed by atoms with van der Waals surface area (Å²) in [5.41, 5.74) is 0. The molecule has 0 N–H and O–H groups in total. The molecule has 0 aromatic heterocycles. The second-order valence-electron chi connectivity index (χ2n) is 3.78. The van der Waals surface area contributed by atoms with Crippen molar-refractivity contribution in [3.8, 4) is 6.07 Å². The second kappa shape index (κ2) is 4.47. The standard InChI is InChI=1S/C10H18N2/c1-3-9(8-11)10-4-6-12(2)7-5-10/h9-10H,3-7H2,1-2H3/t9-/m0/s1. The smallest absolute Gasteiger partial charge is 0.0658 e. The lowest BCUT2D eigenvalue weighted by molar-refractivity contribution is 0.189. The molecular formula is C10H18N2. The van der Waals surface area contributed by atoms with E-state index in [-0.39, 0.29) is 0 Å². The predicted molar refractivity (Wildman–Crippen MR) is 49.6 cm³/mol.